The van der Waals surface area contributed by atoms with Crippen molar-refractivity contribution in [3.05, 3.63) is 29.4 Å². The number of hydrogen-bond donors (Lipinski definition) is 1. The van der Waals surface area contributed by atoms with Crippen LogP contribution < -0.4 is 5.32 Å². The first kappa shape index (κ1) is 14.3. The Hall–Kier alpha value is -2.12. The van der Waals surface area contributed by atoms with Gasteiger partial charge in [-0.15, -0.1) is 12.3 Å². The number of fused-ring (bicyclic) bond motifs is 1. The van der Waals surface area contributed by atoms with E-state index < -0.39 is 0 Å². The summed E-state index contributed by atoms with van der Waals surface area (Å²) in [6.07, 6.45) is 7.81. The summed E-state index contributed by atoms with van der Waals surface area (Å²) in [4.78, 5) is 20.3. The fourth-order valence-corrected chi connectivity index (χ4v) is 1.95. The molecule has 0 atom stereocenters. The Morgan fingerprint density at radius 2 is 1.95 bits per heavy atom. The fraction of sp³-hybridized carbons (Fsp3) is 0.267. The van der Waals surface area contributed by atoms with Crippen molar-refractivity contribution in [1.29, 1.82) is 0 Å². The van der Waals surface area contributed by atoms with E-state index >= 15 is 0 Å². The Morgan fingerprint density at radius 1 is 1.25 bits per heavy atom. The van der Waals surface area contributed by atoms with Gasteiger partial charge in [-0.1, -0.05) is 23.7 Å². The smallest absolute Gasteiger partial charge is 0.225 e. The topological polar surface area (TPSA) is 54.9 Å². The SMILES string of the molecule is C#CCCCCC(=O)Nc1nc2ccccc2nc1Cl. The Balaban J connectivity index is 2.04. The second-order valence-electron chi connectivity index (χ2n) is 4.31. The average Bonchev–Trinajstić information content (AvgIpc) is 2.44. The molecule has 2 aromatic rings. The summed E-state index contributed by atoms with van der Waals surface area (Å²) in [6, 6.07) is 7.36. The molecule has 0 unspecified atom stereocenters. The molecule has 0 aliphatic rings. The summed E-state index contributed by atoms with van der Waals surface area (Å²) < 4.78 is 0. The van der Waals surface area contributed by atoms with Crippen molar-refractivity contribution in [1.82, 2.24) is 9.97 Å². The van der Waals surface area contributed by atoms with Gasteiger partial charge in [0.25, 0.3) is 0 Å². The van der Waals surface area contributed by atoms with Gasteiger partial charge >= 0.3 is 0 Å². The van der Waals surface area contributed by atoms with Crippen molar-refractivity contribution in [3.8, 4) is 12.3 Å². The van der Waals surface area contributed by atoms with Crippen LogP contribution in [0.1, 0.15) is 25.7 Å². The normalized spacial score (nSPS) is 10.2. The highest BCUT2D eigenvalue weighted by Crippen LogP contribution is 2.21. The molecule has 1 amide bonds. The van der Waals surface area contributed by atoms with Crippen LogP contribution in [-0.2, 0) is 4.79 Å². The second-order valence-corrected chi connectivity index (χ2v) is 4.67. The molecule has 0 saturated carbocycles. The first-order valence-electron chi connectivity index (χ1n) is 6.36. The van der Waals surface area contributed by atoms with Gasteiger partial charge in [-0.25, -0.2) is 9.97 Å². The predicted octanol–water partition coefficient (Wildman–Crippen LogP) is 3.42. The molecule has 1 N–H and O–H groups in total. The maximum atomic E-state index is 11.8. The molecule has 1 aromatic carbocycles. The number of rotatable bonds is 5. The zero-order valence-corrected chi connectivity index (χ0v) is 11.7. The maximum absolute atomic E-state index is 11.8. The molecule has 0 bridgehead atoms. The van der Waals surface area contributed by atoms with Crippen LogP contribution in [-0.4, -0.2) is 15.9 Å². The number of carbonyl (C=O) groups is 1. The zero-order valence-electron chi connectivity index (χ0n) is 10.9. The van der Waals surface area contributed by atoms with Crippen LogP contribution in [0.15, 0.2) is 24.3 Å². The number of anilines is 1. The number of nitrogens with zero attached hydrogens (tertiary/aromatic N) is 2. The highest BCUT2D eigenvalue weighted by Gasteiger charge is 2.09. The van der Waals surface area contributed by atoms with Gasteiger partial charge < -0.3 is 5.32 Å². The number of terminal acetylenes is 1. The summed E-state index contributed by atoms with van der Waals surface area (Å²) in [6.45, 7) is 0. The number of carbonyl (C=O) groups excluding carboxylic acids is 1. The Labute approximate surface area is 122 Å². The van der Waals surface area contributed by atoms with E-state index in [1.807, 2.05) is 24.3 Å². The van der Waals surface area contributed by atoms with Gasteiger partial charge in [-0.2, -0.15) is 0 Å². The summed E-state index contributed by atoms with van der Waals surface area (Å²) in [5, 5.41) is 2.88. The molecule has 4 nitrogen and oxygen atoms in total. The van der Waals surface area contributed by atoms with E-state index in [1.165, 1.54) is 0 Å². The van der Waals surface area contributed by atoms with Crippen LogP contribution in [0, 0.1) is 12.3 Å². The molecular formula is C15H14ClN3O. The van der Waals surface area contributed by atoms with Crippen LogP contribution in [0.25, 0.3) is 11.0 Å². The van der Waals surface area contributed by atoms with E-state index in [0.717, 1.165) is 12.8 Å². The number of hydrogen-bond acceptors (Lipinski definition) is 3. The lowest BCUT2D eigenvalue weighted by Crippen LogP contribution is -2.13. The molecule has 0 radical (unpaired) electrons. The van der Waals surface area contributed by atoms with Crippen molar-refractivity contribution in [3.63, 3.8) is 0 Å². The second kappa shape index (κ2) is 6.88. The maximum Gasteiger partial charge on any atom is 0.225 e. The van der Waals surface area contributed by atoms with E-state index in [-0.39, 0.29) is 11.1 Å². The van der Waals surface area contributed by atoms with Gasteiger partial charge in [0.15, 0.2) is 11.0 Å². The van der Waals surface area contributed by atoms with E-state index in [1.54, 1.807) is 0 Å². The van der Waals surface area contributed by atoms with Crippen LogP contribution in [0.3, 0.4) is 0 Å². The summed E-state index contributed by atoms with van der Waals surface area (Å²) >= 11 is 6.02. The van der Waals surface area contributed by atoms with Crippen molar-refractivity contribution >= 4 is 34.4 Å². The van der Waals surface area contributed by atoms with Crippen molar-refractivity contribution in [2.24, 2.45) is 0 Å². The molecule has 1 aromatic heterocycles. The minimum Gasteiger partial charge on any atom is -0.308 e. The number of aromatic nitrogens is 2. The average molecular weight is 288 g/mol. The molecule has 0 saturated heterocycles. The van der Waals surface area contributed by atoms with Crippen LogP contribution in [0.2, 0.25) is 5.15 Å². The lowest BCUT2D eigenvalue weighted by atomic mass is 10.2. The molecule has 0 spiro atoms. The van der Waals surface area contributed by atoms with E-state index in [2.05, 4.69) is 21.2 Å². The molecule has 0 aliphatic carbocycles. The highest BCUT2D eigenvalue weighted by atomic mass is 35.5. The Morgan fingerprint density at radius 3 is 2.65 bits per heavy atom. The number of unbranched alkanes of at least 4 members (excludes halogenated alkanes) is 2. The molecule has 0 aliphatic heterocycles. The van der Waals surface area contributed by atoms with Crippen molar-refractivity contribution in [2.75, 3.05) is 5.32 Å². The van der Waals surface area contributed by atoms with Gasteiger partial charge in [0.05, 0.1) is 11.0 Å². The lowest BCUT2D eigenvalue weighted by molar-refractivity contribution is -0.116. The molecular weight excluding hydrogens is 274 g/mol. The van der Waals surface area contributed by atoms with Gasteiger partial charge in [0.1, 0.15) is 0 Å². The fourth-order valence-electron chi connectivity index (χ4n) is 1.77. The van der Waals surface area contributed by atoms with Crippen LogP contribution in [0.5, 0.6) is 0 Å². The van der Waals surface area contributed by atoms with E-state index in [9.17, 15) is 4.79 Å². The minimum absolute atomic E-state index is 0.131. The van der Waals surface area contributed by atoms with Crippen molar-refractivity contribution < 1.29 is 4.79 Å². The molecule has 1 heterocycles. The summed E-state index contributed by atoms with van der Waals surface area (Å²) in [5.74, 6) is 2.71. The first-order chi connectivity index (χ1) is 9.70. The van der Waals surface area contributed by atoms with Crippen LogP contribution >= 0.6 is 11.6 Å². The summed E-state index contributed by atoms with van der Waals surface area (Å²) in [5.41, 5.74) is 1.39. The van der Waals surface area contributed by atoms with Crippen LogP contribution in [0.4, 0.5) is 5.82 Å². The van der Waals surface area contributed by atoms with Gasteiger partial charge in [0.2, 0.25) is 5.91 Å². The third-order valence-electron chi connectivity index (χ3n) is 2.76. The van der Waals surface area contributed by atoms with Gasteiger partial charge in [-0.05, 0) is 25.0 Å². The minimum atomic E-state index is -0.131. The Kier molecular flexibility index (Phi) is 4.91. The number of amides is 1. The third-order valence-corrected chi connectivity index (χ3v) is 3.02. The first-order valence-corrected chi connectivity index (χ1v) is 6.74. The molecule has 5 heteroatoms. The summed E-state index contributed by atoms with van der Waals surface area (Å²) in [7, 11) is 0. The molecule has 2 rings (SSSR count). The number of benzene rings is 1. The number of halogens is 1. The third kappa shape index (κ3) is 3.69. The molecule has 20 heavy (non-hydrogen) atoms. The van der Waals surface area contributed by atoms with E-state index in [0.29, 0.717) is 29.7 Å². The number of para-hydroxylation sites is 2. The lowest BCUT2D eigenvalue weighted by Gasteiger charge is -2.07. The molecule has 102 valence electrons. The van der Waals surface area contributed by atoms with Gasteiger partial charge in [0, 0.05) is 12.8 Å². The highest BCUT2D eigenvalue weighted by molar-refractivity contribution is 6.32. The quantitative estimate of drug-likeness (QED) is 0.677. The number of nitrogens with one attached hydrogen (secondary N) is 1. The largest absolute Gasteiger partial charge is 0.308 e. The Bertz CT molecular complexity index is 664. The van der Waals surface area contributed by atoms with Gasteiger partial charge in [-0.3, -0.25) is 4.79 Å². The van der Waals surface area contributed by atoms with Crippen molar-refractivity contribution in [2.45, 2.75) is 25.7 Å². The van der Waals surface area contributed by atoms with E-state index in [4.69, 9.17) is 18.0 Å². The standard InChI is InChI=1S/C15H14ClN3O/c1-2-3-4-5-10-13(20)19-15-14(16)17-11-8-6-7-9-12(11)18-15/h1,6-9H,3-5,10H2,(H,18,19,20). The predicted molar refractivity (Wildman–Crippen MR) is 80.5 cm³/mol. The zero-order chi connectivity index (χ0) is 14.4. The monoisotopic (exact) mass is 287 g/mol. The molecule has 0 fully saturated rings.